The molecule has 0 aliphatic rings. The van der Waals surface area contributed by atoms with Crippen LogP contribution in [0.15, 0.2) is 0 Å². The highest BCUT2D eigenvalue weighted by Gasteiger charge is 2.39. The third-order valence-electron chi connectivity index (χ3n) is 8.59. The number of hydrogen-bond acceptors (Lipinski definition) is 3. The van der Waals surface area contributed by atoms with Gasteiger partial charge in [-0.05, 0) is 19.3 Å². The van der Waals surface area contributed by atoms with Gasteiger partial charge in [-0.25, -0.2) is 0 Å². The lowest BCUT2D eigenvalue weighted by atomic mass is 9.89. The van der Waals surface area contributed by atoms with E-state index in [0.717, 1.165) is 25.7 Å². The van der Waals surface area contributed by atoms with Crippen molar-refractivity contribution < 1.29 is 14.6 Å². The minimum Gasteiger partial charge on any atom is -0.369 e. The summed E-state index contributed by atoms with van der Waals surface area (Å²) in [6, 6.07) is 0. The maximum atomic E-state index is 12.2. The average Bonchev–Trinajstić information content (AvgIpc) is 2.93. The Bertz CT molecular complexity index is 512. The molecule has 1 amide bonds. The Kier molecular flexibility index (Phi) is 28.4. The fourth-order valence-corrected chi connectivity index (χ4v) is 5.77. The number of amides is 1. The van der Waals surface area contributed by atoms with Crippen LogP contribution in [0.25, 0.3) is 0 Å². The topological polar surface area (TPSA) is 72.6 Å². The summed E-state index contributed by atoms with van der Waals surface area (Å²) in [6.45, 7) is 6.94. The van der Waals surface area contributed by atoms with Crippen molar-refractivity contribution in [3.63, 3.8) is 0 Å². The number of rotatable bonds is 32. The summed E-state index contributed by atoms with van der Waals surface area (Å²) >= 11 is 0. The van der Waals surface area contributed by atoms with Gasteiger partial charge in [-0.3, -0.25) is 4.79 Å². The highest BCUT2D eigenvalue weighted by molar-refractivity contribution is 5.77. The summed E-state index contributed by atoms with van der Waals surface area (Å²) in [5, 5.41) is 11.1. The number of ether oxygens (including phenoxy) is 1. The third-order valence-corrected chi connectivity index (χ3v) is 8.59. The van der Waals surface area contributed by atoms with Crippen LogP contribution in [-0.2, 0) is 9.53 Å². The summed E-state index contributed by atoms with van der Waals surface area (Å²) in [7, 11) is 0. The predicted molar refractivity (Wildman–Crippen MR) is 170 cm³/mol. The number of aliphatic hydroxyl groups is 1. The second-order valence-electron chi connectivity index (χ2n) is 12.3. The van der Waals surface area contributed by atoms with Crippen molar-refractivity contribution in [2.75, 3.05) is 6.61 Å². The van der Waals surface area contributed by atoms with Crippen LogP contribution in [0, 0.1) is 5.92 Å². The van der Waals surface area contributed by atoms with Gasteiger partial charge in [-0.15, -0.1) is 0 Å². The molecule has 2 unspecified atom stereocenters. The molecule has 0 aliphatic carbocycles. The molecule has 0 fully saturated rings. The van der Waals surface area contributed by atoms with Crippen molar-refractivity contribution in [2.45, 2.75) is 206 Å². The van der Waals surface area contributed by atoms with Crippen molar-refractivity contribution in [3.05, 3.63) is 0 Å². The van der Waals surface area contributed by atoms with E-state index in [-0.39, 0.29) is 0 Å². The Morgan fingerprint density at radius 1 is 0.564 bits per heavy atom. The zero-order valence-electron chi connectivity index (χ0n) is 26.9. The Morgan fingerprint density at radius 3 is 1.18 bits per heavy atom. The molecule has 0 heterocycles. The molecule has 3 N–H and O–H groups in total. The standard InChI is InChI=1S/C35H71NO3/c1-4-7-9-11-13-15-17-19-20-22-24-26-28-30-32-39-35(38,6-3)33(34(36)37)31-29-27-25-23-21-18-16-14-12-10-8-5-2/h33,38H,4-32H2,1-3H3,(H2,36,37). The lowest BCUT2D eigenvalue weighted by Crippen LogP contribution is -2.47. The molecule has 0 aliphatic heterocycles. The van der Waals surface area contributed by atoms with E-state index in [2.05, 4.69) is 13.8 Å². The Balaban J connectivity index is 3.83. The summed E-state index contributed by atoms with van der Waals surface area (Å²) in [5.74, 6) is -2.46. The van der Waals surface area contributed by atoms with Crippen molar-refractivity contribution in [2.24, 2.45) is 11.7 Å². The molecule has 234 valence electrons. The highest BCUT2D eigenvalue weighted by Crippen LogP contribution is 2.29. The molecule has 0 saturated carbocycles. The van der Waals surface area contributed by atoms with Crippen LogP contribution in [0.3, 0.4) is 0 Å². The number of unbranched alkanes of at least 4 members (excludes halogenated alkanes) is 24. The van der Waals surface area contributed by atoms with Crippen LogP contribution in [0.2, 0.25) is 0 Å². The smallest absolute Gasteiger partial charge is 0.225 e. The van der Waals surface area contributed by atoms with Gasteiger partial charge in [-0.1, -0.05) is 181 Å². The number of hydrogen-bond donors (Lipinski definition) is 2. The van der Waals surface area contributed by atoms with Gasteiger partial charge in [0.15, 0.2) is 5.79 Å². The number of carbonyl (C=O) groups excluding carboxylic acids is 1. The second-order valence-corrected chi connectivity index (χ2v) is 12.3. The van der Waals surface area contributed by atoms with Crippen LogP contribution in [0.4, 0.5) is 0 Å². The van der Waals surface area contributed by atoms with E-state index >= 15 is 0 Å². The van der Waals surface area contributed by atoms with Gasteiger partial charge in [-0.2, -0.15) is 0 Å². The predicted octanol–water partition coefficient (Wildman–Crippen LogP) is 10.8. The first-order chi connectivity index (χ1) is 19.0. The van der Waals surface area contributed by atoms with Crippen molar-refractivity contribution in [3.8, 4) is 0 Å². The maximum absolute atomic E-state index is 12.2. The minimum atomic E-state index is -1.42. The summed E-state index contributed by atoms with van der Waals surface area (Å²) in [5.41, 5.74) is 5.71. The average molecular weight is 554 g/mol. The maximum Gasteiger partial charge on any atom is 0.225 e. The Morgan fingerprint density at radius 2 is 0.872 bits per heavy atom. The molecule has 2 atom stereocenters. The first-order valence-corrected chi connectivity index (χ1v) is 17.7. The van der Waals surface area contributed by atoms with Gasteiger partial charge in [0, 0.05) is 0 Å². The van der Waals surface area contributed by atoms with E-state index in [4.69, 9.17) is 10.5 Å². The number of primary amides is 1. The van der Waals surface area contributed by atoms with E-state index in [1.54, 1.807) is 0 Å². The Hall–Kier alpha value is -0.610. The van der Waals surface area contributed by atoms with E-state index in [1.165, 1.54) is 141 Å². The molecule has 0 radical (unpaired) electrons. The molecular formula is C35H71NO3. The zero-order valence-corrected chi connectivity index (χ0v) is 26.9. The van der Waals surface area contributed by atoms with Crippen LogP contribution in [-0.4, -0.2) is 23.4 Å². The number of carbonyl (C=O) groups is 1. The number of nitrogens with two attached hydrogens (primary N) is 1. The molecule has 0 saturated heterocycles. The lowest BCUT2D eigenvalue weighted by molar-refractivity contribution is -0.236. The second kappa shape index (κ2) is 28.9. The molecule has 39 heavy (non-hydrogen) atoms. The molecule has 0 aromatic heterocycles. The zero-order chi connectivity index (χ0) is 28.9. The lowest BCUT2D eigenvalue weighted by Gasteiger charge is -2.33. The van der Waals surface area contributed by atoms with E-state index in [1.807, 2.05) is 6.92 Å². The fourth-order valence-electron chi connectivity index (χ4n) is 5.77. The van der Waals surface area contributed by atoms with Gasteiger partial charge < -0.3 is 15.6 Å². The molecule has 4 nitrogen and oxygen atoms in total. The minimum absolute atomic E-state index is 0.400. The summed E-state index contributed by atoms with van der Waals surface area (Å²) in [6.07, 6.45) is 34.8. The van der Waals surface area contributed by atoms with E-state index < -0.39 is 17.6 Å². The van der Waals surface area contributed by atoms with E-state index in [0.29, 0.717) is 19.4 Å². The third kappa shape index (κ3) is 23.8. The highest BCUT2D eigenvalue weighted by atomic mass is 16.6. The van der Waals surface area contributed by atoms with Crippen LogP contribution in [0.1, 0.15) is 201 Å². The molecule has 0 spiro atoms. The summed E-state index contributed by atoms with van der Waals surface area (Å²) in [4.78, 5) is 12.2. The van der Waals surface area contributed by atoms with Gasteiger partial charge >= 0.3 is 0 Å². The van der Waals surface area contributed by atoms with E-state index in [9.17, 15) is 9.90 Å². The van der Waals surface area contributed by atoms with Crippen LogP contribution in [0.5, 0.6) is 0 Å². The SMILES string of the molecule is CCCCCCCCCCCCCCCCOC(O)(CC)C(CCCCCCCCCCCCCC)C(N)=O. The molecule has 0 aromatic carbocycles. The Labute approximate surface area is 245 Å². The molecule has 0 bridgehead atoms. The first kappa shape index (κ1) is 38.4. The van der Waals surface area contributed by atoms with Crippen LogP contribution >= 0.6 is 0 Å². The molecule has 0 aromatic rings. The van der Waals surface area contributed by atoms with Gasteiger partial charge in [0.1, 0.15) is 0 Å². The largest absolute Gasteiger partial charge is 0.369 e. The van der Waals surface area contributed by atoms with Crippen molar-refractivity contribution in [1.82, 2.24) is 0 Å². The molecule has 0 rings (SSSR count). The molecular weight excluding hydrogens is 482 g/mol. The van der Waals surface area contributed by atoms with Crippen molar-refractivity contribution in [1.29, 1.82) is 0 Å². The van der Waals surface area contributed by atoms with Gasteiger partial charge in [0.05, 0.1) is 12.5 Å². The van der Waals surface area contributed by atoms with Gasteiger partial charge in [0.2, 0.25) is 5.91 Å². The summed E-state index contributed by atoms with van der Waals surface area (Å²) < 4.78 is 5.92. The molecule has 4 heteroatoms. The van der Waals surface area contributed by atoms with Gasteiger partial charge in [0.25, 0.3) is 0 Å². The monoisotopic (exact) mass is 554 g/mol. The normalized spacial score (nSPS) is 13.9. The quantitative estimate of drug-likeness (QED) is 0.0642. The fraction of sp³-hybridized carbons (Fsp3) is 0.971. The van der Waals surface area contributed by atoms with Crippen molar-refractivity contribution >= 4 is 5.91 Å². The first-order valence-electron chi connectivity index (χ1n) is 17.7. The van der Waals surface area contributed by atoms with Crippen LogP contribution < -0.4 is 5.73 Å².